The Hall–Kier alpha value is -1.82. The summed E-state index contributed by atoms with van der Waals surface area (Å²) in [6.45, 7) is 1.88. The number of benzene rings is 1. The Morgan fingerprint density at radius 3 is 2.95 bits per heavy atom. The second kappa shape index (κ2) is 6.09. The maximum absolute atomic E-state index is 13.9. The van der Waals surface area contributed by atoms with Crippen LogP contribution in [0.25, 0.3) is 0 Å². The summed E-state index contributed by atoms with van der Waals surface area (Å²) >= 11 is 0. The van der Waals surface area contributed by atoms with Crippen LogP contribution in [0.3, 0.4) is 0 Å². The second-order valence-electron chi connectivity index (χ2n) is 5.28. The van der Waals surface area contributed by atoms with Gasteiger partial charge in [0.05, 0.1) is 11.3 Å². The number of oxime groups is 1. The van der Waals surface area contributed by atoms with Crippen molar-refractivity contribution < 1.29 is 9.60 Å². The highest BCUT2D eigenvalue weighted by atomic mass is 19.1. The van der Waals surface area contributed by atoms with Gasteiger partial charge >= 0.3 is 0 Å². The van der Waals surface area contributed by atoms with Crippen LogP contribution in [0.2, 0.25) is 0 Å². The van der Waals surface area contributed by atoms with E-state index >= 15 is 0 Å². The van der Waals surface area contributed by atoms with Gasteiger partial charge in [0, 0.05) is 19.6 Å². The van der Waals surface area contributed by atoms with Gasteiger partial charge < -0.3 is 20.7 Å². The predicted octanol–water partition coefficient (Wildman–Crippen LogP) is 1.45. The zero-order chi connectivity index (χ0) is 14.7. The fraction of sp³-hybridized carbons (Fsp3) is 0.500. The number of hydrogen-bond donors (Lipinski definition) is 2. The van der Waals surface area contributed by atoms with Gasteiger partial charge in [-0.1, -0.05) is 11.2 Å². The molecule has 1 saturated heterocycles. The largest absolute Gasteiger partial charge is 0.409 e. The van der Waals surface area contributed by atoms with Crippen LogP contribution in [0.1, 0.15) is 18.4 Å². The molecule has 1 unspecified atom stereocenters. The molecule has 0 bridgehead atoms. The number of nitrogens with zero attached hydrogens (tertiary/aromatic N) is 3. The predicted molar refractivity (Wildman–Crippen MR) is 77.8 cm³/mol. The van der Waals surface area contributed by atoms with Crippen molar-refractivity contribution in [2.24, 2.45) is 10.9 Å². The van der Waals surface area contributed by atoms with Gasteiger partial charge in [-0.25, -0.2) is 4.39 Å². The van der Waals surface area contributed by atoms with Crippen LogP contribution in [-0.4, -0.2) is 49.2 Å². The van der Waals surface area contributed by atoms with Crippen molar-refractivity contribution in [3.8, 4) is 0 Å². The molecule has 1 heterocycles. The third-order valence-electron chi connectivity index (χ3n) is 3.92. The number of rotatable bonds is 4. The standard InChI is InChI=1S/C14H21FN4O/c1-18-8-4-5-10(18)9-19(2)12-7-3-6-11(15)13(12)14(16)17-20/h3,6-7,10,20H,4-5,8-9H2,1-2H3,(H2,16,17). The molecule has 3 N–H and O–H groups in total. The van der Waals surface area contributed by atoms with Crippen molar-refractivity contribution >= 4 is 11.5 Å². The summed E-state index contributed by atoms with van der Waals surface area (Å²) in [7, 11) is 4.00. The van der Waals surface area contributed by atoms with Gasteiger partial charge in [-0.2, -0.15) is 0 Å². The van der Waals surface area contributed by atoms with Gasteiger partial charge in [-0.3, -0.25) is 0 Å². The van der Waals surface area contributed by atoms with E-state index in [0.29, 0.717) is 11.7 Å². The van der Waals surface area contributed by atoms with E-state index in [1.807, 2.05) is 11.9 Å². The third-order valence-corrected chi connectivity index (χ3v) is 3.92. The molecule has 0 spiro atoms. The van der Waals surface area contributed by atoms with Crippen LogP contribution in [0, 0.1) is 5.82 Å². The third kappa shape index (κ3) is 2.85. The van der Waals surface area contributed by atoms with Crippen LogP contribution < -0.4 is 10.6 Å². The van der Waals surface area contributed by atoms with E-state index in [0.717, 1.165) is 19.5 Å². The Morgan fingerprint density at radius 1 is 1.60 bits per heavy atom. The smallest absolute Gasteiger partial charge is 0.175 e. The van der Waals surface area contributed by atoms with Crippen LogP contribution in [0.4, 0.5) is 10.1 Å². The lowest BCUT2D eigenvalue weighted by molar-refractivity contribution is 0.314. The summed E-state index contributed by atoms with van der Waals surface area (Å²) in [5.74, 6) is -0.686. The van der Waals surface area contributed by atoms with Gasteiger partial charge in [-0.15, -0.1) is 0 Å². The summed E-state index contributed by atoms with van der Waals surface area (Å²) in [6.07, 6.45) is 2.32. The molecular formula is C14H21FN4O. The molecule has 0 radical (unpaired) electrons. The number of amidine groups is 1. The summed E-state index contributed by atoms with van der Waals surface area (Å²) in [5.41, 5.74) is 6.38. The second-order valence-corrected chi connectivity index (χ2v) is 5.28. The lowest BCUT2D eigenvalue weighted by atomic mass is 10.1. The first-order valence-electron chi connectivity index (χ1n) is 6.72. The molecule has 20 heavy (non-hydrogen) atoms. The number of halogens is 1. The lowest BCUT2D eigenvalue weighted by Gasteiger charge is -2.28. The fourth-order valence-electron chi connectivity index (χ4n) is 2.76. The van der Waals surface area contributed by atoms with Crippen LogP contribution in [-0.2, 0) is 0 Å². The van der Waals surface area contributed by atoms with E-state index in [-0.39, 0.29) is 11.4 Å². The van der Waals surface area contributed by atoms with Crippen molar-refractivity contribution in [3.05, 3.63) is 29.6 Å². The van der Waals surface area contributed by atoms with Crippen LogP contribution >= 0.6 is 0 Å². The molecule has 110 valence electrons. The summed E-state index contributed by atoms with van der Waals surface area (Å²) in [4.78, 5) is 4.27. The molecule has 0 amide bonds. The van der Waals surface area contributed by atoms with Gasteiger partial charge in [0.2, 0.25) is 0 Å². The number of likely N-dealkylation sites (tertiary alicyclic amines) is 1. The Kier molecular flexibility index (Phi) is 4.44. The molecule has 5 nitrogen and oxygen atoms in total. The molecule has 1 fully saturated rings. The average Bonchev–Trinajstić information content (AvgIpc) is 2.83. The first-order chi connectivity index (χ1) is 9.54. The molecule has 1 atom stereocenters. The fourth-order valence-corrected chi connectivity index (χ4v) is 2.76. The molecule has 1 aromatic rings. The highest BCUT2D eigenvalue weighted by Gasteiger charge is 2.24. The Balaban J connectivity index is 2.25. The van der Waals surface area contributed by atoms with Crippen LogP contribution in [0.5, 0.6) is 0 Å². The summed E-state index contributed by atoms with van der Waals surface area (Å²) < 4.78 is 13.9. The van der Waals surface area contributed by atoms with E-state index in [9.17, 15) is 4.39 Å². The van der Waals surface area contributed by atoms with E-state index in [2.05, 4.69) is 17.1 Å². The molecule has 6 heteroatoms. The Labute approximate surface area is 118 Å². The van der Waals surface area contributed by atoms with E-state index in [1.165, 1.54) is 12.5 Å². The topological polar surface area (TPSA) is 65.1 Å². The molecule has 2 rings (SSSR count). The minimum absolute atomic E-state index is 0.151. The number of nitrogens with two attached hydrogens (primary N) is 1. The van der Waals surface area contributed by atoms with Gasteiger partial charge in [0.1, 0.15) is 5.82 Å². The van der Waals surface area contributed by atoms with Gasteiger partial charge in [-0.05, 0) is 38.6 Å². The maximum atomic E-state index is 13.9. The minimum atomic E-state index is -0.482. The van der Waals surface area contributed by atoms with E-state index in [4.69, 9.17) is 10.9 Å². The van der Waals surface area contributed by atoms with Crippen molar-refractivity contribution in [2.45, 2.75) is 18.9 Å². The zero-order valence-electron chi connectivity index (χ0n) is 11.9. The van der Waals surface area contributed by atoms with Crippen molar-refractivity contribution in [1.29, 1.82) is 0 Å². The molecule has 1 aliphatic rings. The highest BCUT2D eigenvalue weighted by molar-refractivity contribution is 6.02. The molecule has 1 aromatic carbocycles. The SMILES string of the molecule is CN(CC1CCCN1C)c1cccc(F)c1C(N)=NO. The van der Waals surface area contributed by atoms with Gasteiger partial charge in [0.15, 0.2) is 5.84 Å². The number of hydrogen-bond acceptors (Lipinski definition) is 4. The summed E-state index contributed by atoms with van der Waals surface area (Å²) in [5, 5.41) is 11.7. The zero-order valence-corrected chi connectivity index (χ0v) is 11.9. The van der Waals surface area contributed by atoms with E-state index in [1.54, 1.807) is 12.1 Å². The monoisotopic (exact) mass is 280 g/mol. The maximum Gasteiger partial charge on any atom is 0.175 e. The van der Waals surface area contributed by atoms with E-state index < -0.39 is 5.82 Å². The summed E-state index contributed by atoms with van der Waals surface area (Å²) in [6, 6.07) is 5.18. The highest BCUT2D eigenvalue weighted by Crippen LogP contribution is 2.24. The van der Waals surface area contributed by atoms with Crippen molar-refractivity contribution in [2.75, 3.05) is 32.1 Å². The average molecular weight is 280 g/mol. The van der Waals surface area contributed by atoms with Crippen LogP contribution in [0.15, 0.2) is 23.4 Å². The number of anilines is 1. The number of likely N-dealkylation sites (N-methyl/N-ethyl adjacent to an activating group) is 2. The first-order valence-corrected chi connectivity index (χ1v) is 6.72. The van der Waals surface area contributed by atoms with Crippen molar-refractivity contribution in [1.82, 2.24) is 4.90 Å². The lowest BCUT2D eigenvalue weighted by Crippen LogP contribution is -2.37. The molecular weight excluding hydrogens is 259 g/mol. The molecule has 0 aliphatic carbocycles. The minimum Gasteiger partial charge on any atom is -0.409 e. The van der Waals surface area contributed by atoms with Crippen molar-refractivity contribution in [3.63, 3.8) is 0 Å². The molecule has 0 saturated carbocycles. The van der Waals surface area contributed by atoms with Gasteiger partial charge in [0.25, 0.3) is 0 Å². The quantitative estimate of drug-likeness (QED) is 0.379. The first kappa shape index (κ1) is 14.6. The Morgan fingerprint density at radius 2 is 2.35 bits per heavy atom. The Bertz CT molecular complexity index is 506. The molecule has 1 aliphatic heterocycles. The normalized spacial score (nSPS) is 20.4. The molecule has 0 aromatic heterocycles.